The topological polar surface area (TPSA) is 20.3 Å². The molecule has 4 heteroatoms. The fourth-order valence-electron chi connectivity index (χ4n) is 2.38. The third kappa shape index (κ3) is 2.58. The molecule has 0 radical (unpaired) electrons. The minimum Gasteiger partial charge on any atom is -0.311 e. The van der Waals surface area contributed by atoms with Crippen molar-refractivity contribution in [2.24, 2.45) is 0 Å². The molecule has 1 saturated heterocycles. The number of nitrogens with zero attached hydrogens (tertiary/aromatic N) is 1. The molecule has 1 aromatic carbocycles. The van der Waals surface area contributed by atoms with Crippen molar-refractivity contribution in [3.05, 3.63) is 27.7 Å². The normalized spacial score (nSPS) is 20.8. The Morgan fingerprint density at radius 3 is 2.47 bits per heavy atom. The summed E-state index contributed by atoms with van der Waals surface area (Å²) in [5.74, 6) is 0.185. The number of piperidine rings is 1. The van der Waals surface area contributed by atoms with E-state index in [0.29, 0.717) is 0 Å². The molecule has 0 unspecified atom stereocenters. The molecule has 1 aliphatic heterocycles. The standard InChI is InChI=1S/C13H15Br2NO/c1-8-6-10(14)7-9(2)12(8)16-5-3-4-11(15)13(16)17/h6-7,11H,3-5H2,1-2H3/t11-/m1/s1. The van der Waals surface area contributed by atoms with Crippen LogP contribution in [-0.2, 0) is 4.79 Å². The number of hydrogen-bond donors (Lipinski definition) is 0. The van der Waals surface area contributed by atoms with Gasteiger partial charge in [0.1, 0.15) is 0 Å². The SMILES string of the molecule is Cc1cc(Br)cc(C)c1N1CCC[C@@H](Br)C1=O. The summed E-state index contributed by atoms with van der Waals surface area (Å²) in [6.07, 6.45) is 1.99. The highest BCUT2D eigenvalue weighted by molar-refractivity contribution is 9.10. The number of carbonyl (C=O) groups excluding carboxylic acids is 1. The molecule has 1 fully saturated rings. The van der Waals surface area contributed by atoms with Crippen molar-refractivity contribution >= 4 is 43.5 Å². The summed E-state index contributed by atoms with van der Waals surface area (Å²) in [5.41, 5.74) is 3.36. The largest absolute Gasteiger partial charge is 0.311 e. The first kappa shape index (κ1) is 13.1. The van der Waals surface area contributed by atoms with E-state index in [9.17, 15) is 4.79 Å². The molecule has 1 aliphatic rings. The highest BCUT2D eigenvalue weighted by Crippen LogP contribution is 2.32. The Bertz CT molecular complexity index is 436. The van der Waals surface area contributed by atoms with Crippen LogP contribution in [0.1, 0.15) is 24.0 Å². The number of amides is 1. The number of halogens is 2. The van der Waals surface area contributed by atoms with E-state index >= 15 is 0 Å². The predicted molar refractivity (Wildman–Crippen MR) is 77.9 cm³/mol. The molecule has 0 spiro atoms. The second-order valence-electron chi connectivity index (χ2n) is 4.49. The van der Waals surface area contributed by atoms with Gasteiger partial charge in [-0.15, -0.1) is 0 Å². The molecule has 2 nitrogen and oxygen atoms in total. The smallest absolute Gasteiger partial charge is 0.240 e. The van der Waals surface area contributed by atoms with Gasteiger partial charge in [0.25, 0.3) is 0 Å². The van der Waals surface area contributed by atoms with Crippen molar-refractivity contribution in [1.29, 1.82) is 0 Å². The van der Waals surface area contributed by atoms with E-state index in [1.807, 2.05) is 4.90 Å². The maximum Gasteiger partial charge on any atom is 0.240 e. The number of aryl methyl sites for hydroxylation is 2. The van der Waals surface area contributed by atoms with Crippen molar-refractivity contribution in [2.45, 2.75) is 31.5 Å². The monoisotopic (exact) mass is 359 g/mol. The van der Waals surface area contributed by atoms with Crippen molar-refractivity contribution in [3.63, 3.8) is 0 Å². The zero-order valence-corrected chi connectivity index (χ0v) is 13.1. The maximum atomic E-state index is 12.2. The van der Waals surface area contributed by atoms with E-state index in [1.54, 1.807) is 0 Å². The van der Waals surface area contributed by atoms with Crippen LogP contribution in [0.15, 0.2) is 16.6 Å². The van der Waals surface area contributed by atoms with E-state index in [4.69, 9.17) is 0 Å². The summed E-state index contributed by atoms with van der Waals surface area (Å²) in [6, 6.07) is 4.13. The van der Waals surface area contributed by atoms with Gasteiger partial charge in [0.15, 0.2) is 0 Å². The van der Waals surface area contributed by atoms with Gasteiger partial charge in [-0.2, -0.15) is 0 Å². The molecule has 0 aliphatic carbocycles. The first-order chi connectivity index (χ1) is 8.00. The Labute approximate surface area is 119 Å². The van der Waals surface area contributed by atoms with Gasteiger partial charge in [0.2, 0.25) is 5.91 Å². The maximum absolute atomic E-state index is 12.2. The molecule has 0 aromatic heterocycles. The Kier molecular flexibility index (Phi) is 3.93. The van der Waals surface area contributed by atoms with Gasteiger partial charge in [-0.1, -0.05) is 31.9 Å². The minimum absolute atomic E-state index is 0.0290. The van der Waals surface area contributed by atoms with Crippen LogP contribution in [0, 0.1) is 13.8 Å². The molecule has 0 bridgehead atoms. The van der Waals surface area contributed by atoms with Gasteiger partial charge in [-0.05, 0) is 49.9 Å². The van der Waals surface area contributed by atoms with Crippen LogP contribution in [0.25, 0.3) is 0 Å². The van der Waals surface area contributed by atoms with E-state index < -0.39 is 0 Å². The summed E-state index contributed by atoms with van der Waals surface area (Å²) in [5, 5.41) is 0. The number of hydrogen-bond acceptors (Lipinski definition) is 1. The summed E-state index contributed by atoms with van der Waals surface area (Å²) >= 11 is 6.94. The van der Waals surface area contributed by atoms with E-state index in [1.165, 1.54) is 0 Å². The van der Waals surface area contributed by atoms with Crippen LogP contribution in [0.2, 0.25) is 0 Å². The summed E-state index contributed by atoms with van der Waals surface area (Å²) < 4.78 is 1.07. The van der Waals surface area contributed by atoms with Crippen LogP contribution in [-0.4, -0.2) is 17.3 Å². The Balaban J connectivity index is 2.43. The molecule has 92 valence electrons. The molecule has 2 rings (SSSR count). The van der Waals surface area contributed by atoms with Gasteiger partial charge in [-0.25, -0.2) is 0 Å². The molecule has 17 heavy (non-hydrogen) atoms. The van der Waals surface area contributed by atoms with Crippen molar-refractivity contribution in [2.75, 3.05) is 11.4 Å². The first-order valence-electron chi connectivity index (χ1n) is 5.73. The predicted octanol–water partition coefficient (Wildman–Crippen LogP) is 3.96. The van der Waals surface area contributed by atoms with E-state index in [2.05, 4.69) is 57.8 Å². The average Bonchev–Trinajstić information content (AvgIpc) is 2.23. The lowest BCUT2D eigenvalue weighted by Gasteiger charge is -2.32. The van der Waals surface area contributed by atoms with Gasteiger partial charge < -0.3 is 4.90 Å². The molecular formula is C13H15Br2NO. The van der Waals surface area contributed by atoms with Crippen molar-refractivity contribution in [3.8, 4) is 0 Å². The van der Waals surface area contributed by atoms with Gasteiger partial charge in [-0.3, -0.25) is 4.79 Å². The van der Waals surface area contributed by atoms with Crippen LogP contribution in [0.4, 0.5) is 5.69 Å². The summed E-state index contributed by atoms with van der Waals surface area (Å²) in [4.78, 5) is 14.1. The lowest BCUT2D eigenvalue weighted by atomic mass is 10.0. The number of alkyl halides is 1. The molecule has 0 saturated carbocycles. The van der Waals surface area contributed by atoms with Crippen LogP contribution in [0.5, 0.6) is 0 Å². The Morgan fingerprint density at radius 1 is 1.29 bits per heavy atom. The van der Waals surface area contributed by atoms with Crippen LogP contribution < -0.4 is 4.90 Å². The highest BCUT2D eigenvalue weighted by atomic mass is 79.9. The van der Waals surface area contributed by atoms with Crippen LogP contribution >= 0.6 is 31.9 Å². The number of anilines is 1. The highest BCUT2D eigenvalue weighted by Gasteiger charge is 2.29. The van der Waals surface area contributed by atoms with E-state index in [-0.39, 0.29) is 10.7 Å². The zero-order chi connectivity index (χ0) is 12.6. The fraction of sp³-hybridized carbons (Fsp3) is 0.462. The third-order valence-corrected chi connectivity index (χ3v) is 4.41. The van der Waals surface area contributed by atoms with Crippen LogP contribution in [0.3, 0.4) is 0 Å². The molecule has 1 heterocycles. The van der Waals surface area contributed by atoms with Crippen molar-refractivity contribution < 1.29 is 4.79 Å². The lowest BCUT2D eigenvalue weighted by Crippen LogP contribution is -2.42. The quantitative estimate of drug-likeness (QED) is 0.694. The van der Waals surface area contributed by atoms with Gasteiger partial charge in [0, 0.05) is 16.7 Å². The zero-order valence-electron chi connectivity index (χ0n) is 9.96. The number of carbonyl (C=O) groups is 1. The average molecular weight is 361 g/mol. The Hall–Kier alpha value is -0.350. The second kappa shape index (κ2) is 5.11. The first-order valence-corrected chi connectivity index (χ1v) is 7.44. The minimum atomic E-state index is -0.0290. The molecule has 1 amide bonds. The molecule has 1 aromatic rings. The number of rotatable bonds is 1. The lowest BCUT2D eigenvalue weighted by molar-refractivity contribution is -0.118. The number of benzene rings is 1. The Morgan fingerprint density at radius 2 is 1.88 bits per heavy atom. The second-order valence-corrected chi connectivity index (χ2v) is 6.51. The third-order valence-electron chi connectivity index (χ3n) is 3.10. The summed E-state index contributed by atoms with van der Waals surface area (Å²) in [6.45, 7) is 4.93. The van der Waals surface area contributed by atoms with Crippen molar-refractivity contribution in [1.82, 2.24) is 0 Å². The van der Waals surface area contributed by atoms with Gasteiger partial charge in [0.05, 0.1) is 4.83 Å². The molecular weight excluding hydrogens is 346 g/mol. The summed E-state index contributed by atoms with van der Waals surface area (Å²) in [7, 11) is 0. The molecule has 1 atom stereocenters. The van der Waals surface area contributed by atoms with E-state index in [0.717, 1.165) is 40.7 Å². The fourth-order valence-corrected chi connectivity index (χ4v) is 3.64. The van der Waals surface area contributed by atoms with Gasteiger partial charge >= 0.3 is 0 Å². The molecule has 0 N–H and O–H groups in total.